The molecule has 2 fully saturated rings. The Kier molecular flexibility index (Phi) is 5.98. The smallest absolute Gasteiger partial charge is 0.255 e. The zero-order valence-electron chi connectivity index (χ0n) is 16.4. The van der Waals surface area contributed by atoms with E-state index in [0.717, 1.165) is 31.5 Å². The number of rotatable bonds is 4. The van der Waals surface area contributed by atoms with Crippen molar-refractivity contribution in [1.82, 2.24) is 10.2 Å². The molecule has 1 amide bonds. The molecule has 1 aromatic carbocycles. The summed E-state index contributed by atoms with van der Waals surface area (Å²) in [6, 6.07) is 5.33. The van der Waals surface area contributed by atoms with Crippen molar-refractivity contribution < 1.29 is 4.79 Å². The molecule has 0 bridgehead atoms. The summed E-state index contributed by atoms with van der Waals surface area (Å²) < 4.78 is 0. The Labute approximate surface area is 164 Å². The summed E-state index contributed by atoms with van der Waals surface area (Å²) in [4.78, 5) is 15.5. The first-order chi connectivity index (χ1) is 12.1. The maximum Gasteiger partial charge on any atom is 0.255 e. The molecule has 3 aliphatic rings. The van der Waals surface area contributed by atoms with Gasteiger partial charge in [0.2, 0.25) is 0 Å². The van der Waals surface area contributed by atoms with Crippen molar-refractivity contribution >= 4 is 18.3 Å². The minimum absolute atomic E-state index is 0. The van der Waals surface area contributed by atoms with E-state index in [-0.39, 0.29) is 18.4 Å². The van der Waals surface area contributed by atoms with Crippen LogP contribution in [0.4, 0.5) is 0 Å². The fraction of sp³-hybridized carbons (Fsp3) is 0.682. The third-order valence-corrected chi connectivity index (χ3v) is 6.46. The Morgan fingerprint density at radius 3 is 2.54 bits per heavy atom. The molecule has 144 valence electrons. The number of piperazine rings is 1. The predicted molar refractivity (Wildman–Crippen MR) is 109 cm³/mol. The van der Waals surface area contributed by atoms with Gasteiger partial charge in [0.15, 0.2) is 0 Å². The first-order valence-electron chi connectivity index (χ1n) is 10.3. The quantitative estimate of drug-likeness (QED) is 0.815. The van der Waals surface area contributed by atoms with Gasteiger partial charge in [-0.05, 0) is 54.2 Å². The van der Waals surface area contributed by atoms with Crippen LogP contribution in [0.25, 0.3) is 0 Å². The van der Waals surface area contributed by atoms with Crippen LogP contribution in [0.5, 0.6) is 0 Å². The van der Waals surface area contributed by atoms with Crippen LogP contribution in [-0.4, -0.2) is 29.9 Å². The summed E-state index contributed by atoms with van der Waals surface area (Å²) in [6.07, 6.45) is 7.32. The lowest BCUT2D eigenvalue weighted by Crippen LogP contribution is -2.52. The van der Waals surface area contributed by atoms with Crippen LogP contribution in [0, 0.1) is 5.92 Å². The molecule has 4 rings (SSSR count). The molecule has 3 nitrogen and oxygen atoms in total. The second kappa shape index (κ2) is 7.90. The molecule has 2 heterocycles. The van der Waals surface area contributed by atoms with E-state index in [1.54, 1.807) is 0 Å². The molecule has 1 saturated heterocycles. The van der Waals surface area contributed by atoms with Crippen molar-refractivity contribution in [2.45, 2.75) is 77.3 Å². The monoisotopic (exact) mass is 376 g/mol. The maximum absolute atomic E-state index is 13.3. The largest absolute Gasteiger partial charge is 0.329 e. The number of carbonyl (C=O) groups is 1. The van der Waals surface area contributed by atoms with Gasteiger partial charge in [0.25, 0.3) is 5.91 Å². The molecule has 0 aromatic heterocycles. The van der Waals surface area contributed by atoms with Crippen LogP contribution in [-0.2, 0) is 6.42 Å². The SMILES string of the molecule is CCc1cc(C2CCCC2)c2c(c1)C1[C@H](CC(C)C)NCCN1C2=O.Cl. The van der Waals surface area contributed by atoms with Crippen molar-refractivity contribution in [3.8, 4) is 0 Å². The van der Waals surface area contributed by atoms with Gasteiger partial charge in [0.1, 0.15) is 0 Å². The molecule has 1 aliphatic carbocycles. The van der Waals surface area contributed by atoms with Gasteiger partial charge >= 0.3 is 0 Å². The second-order valence-electron chi connectivity index (χ2n) is 8.62. The number of benzene rings is 1. The zero-order chi connectivity index (χ0) is 17.6. The molecule has 26 heavy (non-hydrogen) atoms. The molecule has 1 N–H and O–H groups in total. The summed E-state index contributed by atoms with van der Waals surface area (Å²) in [5.41, 5.74) is 5.18. The minimum atomic E-state index is 0. The van der Waals surface area contributed by atoms with E-state index in [0.29, 0.717) is 23.8 Å². The van der Waals surface area contributed by atoms with Crippen molar-refractivity contribution in [1.29, 1.82) is 0 Å². The van der Waals surface area contributed by atoms with Gasteiger partial charge < -0.3 is 10.2 Å². The molecule has 1 aromatic rings. The molecule has 1 unspecified atom stereocenters. The number of carbonyl (C=O) groups excluding carboxylic acids is 1. The number of hydrogen-bond acceptors (Lipinski definition) is 2. The van der Waals surface area contributed by atoms with Crippen LogP contribution in [0.3, 0.4) is 0 Å². The van der Waals surface area contributed by atoms with Gasteiger partial charge in [-0.25, -0.2) is 0 Å². The Bertz CT molecular complexity index is 666. The third-order valence-electron chi connectivity index (χ3n) is 6.46. The van der Waals surface area contributed by atoms with Gasteiger partial charge in [-0.3, -0.25) is 4.79 Å². The Balaban J connectivity index is 0.00000196. The molecule has 2 aliphatic heterocycles. The van der Waals surface area contributed by atoms with E-state index < -0.39 is 0 Å². The Morgan fingerprint density at radius 1 is 1.19 bits per heavy atom. The first-order valence-corrected chi connectivity index (χ1v) is 10.3. The molecule has 4 heteroatoms. The summed E-state index contributed by atoms with van der Waals surface area (Å²) >= 11 is 0. The van der Waals surface area contributed by atoms with E-state index >= 15 is 0 Å². The lowest BCUT2D eigenvalue weighted by molar-refractivity contribution is 0.0610. The number of hydrogen-bond donors (Lipinski definition) is 1. The van der Waals surface area contributed by atoms with E-state index in [2.05, 4.69) is 43.1 Å². The highest BCUT2D eigenvalue weighted by Gasteiger charge is 2.45. The molecule has 1 saturated carbocycles. The van der Waals surface area contributed by atoms with Gasteiger partial charge in [-0.1, -0.05) is 45.7 Å². The fourth-order valence-corrected chi connectivity index (χ4v) is 5.31. The third kappa shape index (κ3) is 3.29. The first kappa shape index (κ1) is 19.7. The summed E-state index contributed by atoms with van der Waals surface area (Å²) in [6.45, 7) is 8.57. The number of nitrogens with zero attached hydrogens (tertiary/aromatic N) is 1. The molecular weight excluding hydrogens is 344 g/mol. The standard InChI is InChI=1S/C22H32N2O.ClH/c1-4-15-12-17(16-7-5-6-8-16)20-18(13-15)21-19(11-14(2)3)23-9-10-24(21)22(20)25;/h12-14,16,19,21,23H,4-11H2,1-3H3;1H/t19-,21?;/m0./s1. The van der Waals surface area contributed by atoms with Crippen molar-refractivity contribution in [3.63, 3.8) is 0 Å². The summed E-state index contributed by atoms with van der Waals surface area (Å²) in [5, 5.41) is 3.72. The number of aryl methyl sites for hydroxylation is 1. The van der Waals surface area contributed by atoms with E-state index in [1.807, 2.05) is 0 Å². The van der Waals surface area contributed by atoms with Crippen LogP contribution >= 0.6 is 12.4 Å². The van der Waals surface area contributed by atoms with Crippen molar-refractivity contribution in [3.05, 3.63) is 34.4 Å². The molecule has 0 spiro atoms. The number of fused-ring (bicyclic) bond motifs is 3. The maximum atomic E-state index is 13.3. The second-order valence-corrected chi connectivity index (χ2v) is 8.62. The van der Waals surface area contributed by atoms with E-state index in [1.165, 1.54) is 42.4 Å². The lowest BCUT2D eigenvalue weighted by Gasteiger charge is -2.39. The average Bonchev–Trinajstić information content (AvgIpc) is 3.22. The van der Waals surface area contributed by atoms with Crippen molar-refractivity contribution in [2.24, 2.45) is 5.92 Å². The normalized spacial score (nSPS) is 25.4. The van der Waals surface area contributed by atoms with Crippen molar-refractivity contribution in [2.75, 3.05) is 13.1 Å². The summed E-state index contributed by atoms with van der Waals surface area (Å²) in [5.74, 6) is 1.54. The Hall–Kier alpha value is -1.06. The lowest BCUT2D eigenvalue weighted by atomic mass is 9.84. The van der Waals surface area contributed by atoms with Gasteiger partial charge in [-0.15, -0.1) is 12.4 Å². The van der Waals surface area contributed by atoms with Crippen LogP contribution in [0.2, 0.25) is 0 Å². The highest BCUT2D eigenvalue weighted by molar-refractivity contribution is 6.01. The average molecular weight is 377 g/mol. The van der Waals surface area contributed by atoms with Gasteiger partial charge in [-0.2, -0.15) is 0 Å². The zero-order valence-corrected chi connectivity index (χ0v) is 17.2. The minimum Gasteiger partial charge on any atom is -0.329 e. The van der Waals surface area contributed by atoms with Gasteiger partial charge in [0, 0.05) is 24.7 Å². The fourth-order valence-electron chi connectivity index (χ4n) is 5.31. The summed E-state index contributed by atoms with van der Waals surface area (Å²) in [7, 11) is 0. The van der Waals surface area contributed by atoms with E-state index in [4.69, 9.17) is 0 Å². The Morgan fingerprint density at radius 2 is 1.88 bits per heavy atom. The number of nitrogens with one attached hydrogen (secondary N) is 1. The molecule has 0 radical (unpaired) electrons. The predicted octanol–water partition coefficient (Wildman–Crippen LogP) is 4.84. The topological polar surface area (TPSA) is 32.3 Å². The van der Waals surface area contributed by atoms with Crippen LogP contribution in [0.1, 0.15) is 91.9 Å². The molecule has 2 atom stereocenters. The number of halogens is 1. The highest BCUT2D eigenvalue weighted by Crippen LogP contribution is 2.45. The highest BCUT2D eigenvalue weighted by atomic mass is 35.5. The van der Waals surface area contributed by atoms with Crippen LogP contribution < -0.4 is 5.32 Å². The molecular formula is C22H33ClN2O. The van der Waals surface area contributed by atoms with Gasteiger partial charge in [0.05, 0.1) is 6.04 Å². The van der Waals surface area contributed by atoms with Crippen LogP contribution in [0.15, 0.2) is 12.1 Å². The number of amides is 1. The van der Waals surface area contributed by atoms with E-state index in [9.17, 15) is 4.79 Å².